The monoisotopic (exact) mass is 373 g/mol. The summed E-state index contributed by atoms with van der Waals surface area (Å²) >= 11 is 0. The fourth-order valence-electron chi connectivity index (χ4n) is 3.71. The molecule has 1 N–H and O–H groups in total. The van der Waals surface area contributed by atoms with E-state index in [9.17, 15) is 9.59 Å². The zero-order chi connectivity index (χ0) is 19.6. The Morgan fingerprint density at radius 1 is 1.26 bits per heavy atom. The SMILES string of the molecule is COC(=O)c1c(C)[nH]c(C(=O)[C@H](C)N2CCN(Cc3ccco3)CC2)c1C. The number of esters is 1. The Kier molecular flexibility index (Phi) is 5.82. The van der Waals surface area contributed by atoms with Gasteiger partial charge in [-0.1, -0.05) is 0 Å². The van der Waals surface area contributed by atoms with Gasteiger partial charge in [0.1, 0.15) is 5.76 Å². The van der Waals surface area contributed by atoms with Crippen molar-refractivity contribution >= 4 is 11.8 Å². The van der Waals surface area contributed by atoms with Crippen LogP contribution in [-0.4, -0.2) is 65.9 Å². The van der Waals surface area contributed by atoms with Crippen LogP contribution >= 0.6 is 0 Å². The number of H-pyrrole nitrogens is 1. The zero-order valence-corrected chi connectivity index (χ0v) is 16.4. The molecular weight excluding hydrogens is 346 g/mol. The van der Waals surface area contributed by atoms with Crippen molar-refractivity contribution in [1.29, 1.82) is 0 Å². The first-order valence-electron chi connectivity index (χ1n) is 9.22. The number of aromatic amines is 1. The van der Waals surface area contributed by atoms with E-state index in [0.29, 0.717) is 22.5 Å². The highest BCUT2D eigenvalue weighted by molar-refractivity contribution is 6.03. The lowest BCUT2D eigenvalue weighted by Gasteiger charge is -2.37. The number of carbonyl (C=O) groups is 2. The maximum Gasteiger partial charge on any atom is 0.339 e. The number of nitrogens with one attached hydrogen (secondary N) is 1. The minimum absolute atomic E-state index is 0.00485. The van der Waals surface area contributed by atoms with Crippen molar-refractivity contribution in [3.8, 4) is 0 Å². The van der Waals surface area contributed by atoms with E-state index in [1.165, 1.54) is 7.11 Å². The van der Waals surface area contributed by atoms with Gasteiger partial charge >= 0.3 is 5.97 Å². The fourth-order valence-corrected chi connectivity index (χ4v) is 3.71. The number of Topliss-reactive ketones (excluding diaryl/α,β-unsaturated/α-hetero) is 1. The number of aromatic nitrogens is 1. The standard InChI is InChI=1S/C20H27N3O4/c1-13-17(20(25)26-4)14(2)21-18(13)19(24)15(3)23-9-7-22(8-10-23)12-16-6-5-11-27-16/h5-6,11,15,21H,7-10,12H2,1-4H3/t15-/m0/s1. The van der Waals surface area contributed by atoms with E-state index in [4.69, 9.17) is 9.15 Å². The number of hydrogen-bond donors (Lipinski definition) is 1. The number of rotatable bonds is 6. The van der Waals surface area contributed by atoms with Gasteiger partial charge in [0.25, 0.3) is 0 Å². The van der Waals surface area contributed by atoms with Crippen molar-refractivity contribution < 1.29 is 18.7 Å². The smallest absolute Gasteiger partial charge is 0.339 e. The van der Waals surface area contributed by atoms with Crippen molar-refractivity contribution in [2.75, 3.05) is 33.3 Å². The molecule has 0 unspecified atom stereocenters. The second-order valence-corrected chi connectivity index (χ2v) is 7.05. The molecule has 0 amide bonds. The lowest BCUT2D eigenvalue weighted by molar-refractivity contribution is 0.0599. The summed E-state index contributed by atoms with van der Waals surface area (Å²) in [6.07, 6.45) is 1.69. The molecule has 146 valence electrons. The van der Waals surface area contributed by atoms with Gasteiger partial charge in [-0.25, -0.2) is 4.79 Å². The van der Waals surface area contributed by atoms with E-state index < -0.39 is 5.97 Å². The lowest BCUT2D eigenvalue weighted by atomic mass is 10.0. The molecule has 0 aliphatic carbocycles. The maximum absolute atomic E-state index is 13.0. The number of hydrogen-bond acceptors (Lipinski definition) is 6. The van der Waals surface area contributed by atoms with Gasteiger partial charge in [-0.05, 0) is 38.5 Å². The third-order valence-electron chi connectivity index (χ3n) is 5.37. The molecule has 0 aromatic carbocycles. The molecule has 0 radical (unpaired) electrons. The van der Waals surface area contributed by atoms with Crippen LogP contribution in [0, 0.1) is 13.8 Å². The molecule has 1 aliphatic heterocycles. The maximum atomic E-state index is 13.0. The van der Waals surface area contributed by atoms with E-state index in [0.717, 1.165) is 38.5 Å². The predicted octanol–water partition coefficient (Wildman–Crippen LogP) is 2.40. The molecule has 7 heteroatoms. The van der Waals surface area contributed by atoms with Crippen LogP contribution in [0.3, 0.4) is 0 Å². The van der Waals surface area contributed by atoms with Crippen LogP contribution < -0.4 is 0 Å². The van der Waals surface area contributed by atoms with Crippen molar-refractivity contribution in [2.24, 2.45) is 0 Å². The molecule has 1 aliphatic rings. The summed E-state index contributed by atoms with van der Waals surface area (Å²) in [5.74, 6) is 0.546. The first kappa shape index (κ1) is 19.4. The summed E-state index contributed by atoms with van der Waals surface area (Å²) in [5, 5.41) is 0. The topological polar surface area (TPSA) is 78.8 Å². The number of furan rings is 1. The van der Waals surface area contributed by atoms with Crippen LogP contribution in [0.25, 0.3) is 0 Å². The fraction of sp³-hybridized carbons (Fsp3) is 0.500. The third kappa shape index (κ3) is 3.99. The quantitative estimate of drug-likeness (QED) is 0.619. The van der Waals surface area contributed by atoms with Gasteiger partial charge < -0.3 is 14.1 Å². The number of methoxy groups -OCH3 is 1. The van der Waals surface area contributed by atoms with Gasteiger partial charge in [0.2, 0.25) is 0 Å². The highest BCUT2D eigenvalue weighted by Gasteiger charge is 2.30. The van der Waals surface area contributed by atoms with Crippen LogP contribution in [0.5, 0.6) is 0 Å². The van der Waals surface area contributed by atoms with E-state index in [1.54, 1.807) is 20.1 Å². The van der Waals surface area contributed by atoms with E-state index in [-0.39, 0.29) is 11.8 Å². The van der Waals surface area contributed by atoms with E-state index in [1.807, 2.05) is 19.1 Å². The molecule has 1 atom stereocenters. The molecule has 1 saturated heterocycles. The number of piperazine rings is 1. The number of ether oxygens (including phenoxy) is 1. The predicted molar refractivity (Wildman–Crippen MR) is 101 cm³/mol. The van der Waals surface area contributed by atoms with Crippen molar-refractivity contribution in [2.45, 2.75) is 33.4 Å². The van der Waals surface area contributed by atoms with E-state index in [2.05, 4.69) is 14.8 Å². The van der Waals surface area contributed by atoms with Gasteiger partial charge in [0, 0.05) is 31.9 Å². The molecule has 2 aromatic heterocycles. The van der Waals surface area contributed by atoms with Crippen LogP contribution in [-0.2, 0) is 11.3 Å². The van der Waals surface area contributed by atoms with Gasteiger partial charge in [-0.2, -0.15) is 0 Å². The normalized spacial score (nSPS) is 17.0. The molecule has 2 aromatic rings. The van der Waals surface area contributed by atoms with Crippen LogP contribution in [0.4, 0.5) is 0 Å². The Hall–Kier alpha value is -2.38. The van der Waals surface area contributed by atoms with Gasteiger partial charge in [0.05, 0.1) is 37.2 Å². The van der Waals surface area contributed by atoms with Gasteiger partial charge in [-0.15, -0.1) is 0 Å². The minimum atomic E-state index is -0.417. The van der Waals surface area contributed by atoms with Crippen LogP contribution in [0.1, 0.15) is 44.8 Å². The molecular formula is C20H27N3O4. The average molecular weight is 373 g/mol. The summed E-state index contributed by atoms with van der Waals surface area (Å²) in [4.78, 5) is 32.6. The Labute approximate surface area is 159 Å². The van der Waals surface area contributed by atoms with Crippen LogP contribution in [0.2, 0.25) is 0 Å². The molecule has 1 fully saturated rings. The summed E-state index contributed by atoms with van der Waals surface area (Å²) in [7, 11) is 1.35. The van der Waals surface area contributed by atoms with Crippen molar-refractivity contribution in [3.63, 3.8) is 0 Å². The molecule has 0 spiro atoms. The molecule has 7 nitrogen and oxygen atoms in total. The molecule has 27 heavy (non-hydrogen) atoms. The number of ketones is 1. The van der Waals surface area contributed by atoms with Gasteiger partial charge in [0.15, 0.2) is 5.78 Å². The number of aryl methyl sites for hydroxylation is 1. The summed E-state index contributed by atoms with van der Waals surface area (Å²) in [6.45, 7) is 9.69. The summed E-state index contributed by atoms with van der Waals surface area (Å²) in [6, 6.07) is 3.63. The Bertz CT molecular complexity index is 802. The molecule has 0 saturated carbocycles. The first-order valence-corrected chi connectivity index (χ1v) is 9.22. The molecule has 3 heterocycles. The largest absolute Gasteiger partial charge is 0.468 e. The molecule has 0 bridgehead atoms. The molecule has 3 rings (SSSR count). The van der Waals surface area contributed by atoms with E-state index >= 15 is 0 Å². The number of carbonyl (C=O) groups excluding carboxylic acids is 2. The van der Waals surface area contributed by atoms with Crippen molar-refractivity contribution in [1.82, 2.24) is 14.8 Å². The highest BCUT2D eigenvalue weighted by Crippen LogP contribution is 2.22. The Balaban J connectivity index is 1.64. The summed E-state index contributed by atoms with van der Waals surface area (Å²) in [5.41, 5.74) is 2.28. The lowest BCUT2D eigenvalue weighted by Crippen LogP contribution is -2.51. The minimum Gasteiger partial charge on any atom is -0.468 e. The average Bonchev–Trinajstić information content (AvgIpc) is 3.28. The second kappa shape index (κ2) is 8.10. The second-order valence-electron chi connectivity index (χ2n) is 7.05. The van der Waals surface area contributed by atoms with Crippen molar-refractivity contribution in [3.05, 3.63) is 46.7 Å². The third-order valence-corrected chi connectivity index (χ3v) is 5.37. The Morgan fingerprint density at radius 3 is 2.56 bits per heavy atom. The van der Waals surface area contributed by atoms with Crippen LogP contribution in [0.15, 0.2) is 22.8 Å². The first-order chi connectivity index (χ1) is 12.9. The number of nitrogens with zero attached hydrogens (tertiary/aromatic N) is 2. The zero-order valence-electron chi connectivity index (χ0n) is 16.4. The Morgan fingerprint density at radius 2 is 1.96 bits per heavy atom. The highest BCUT2D eigenvalue weighted by atomic mass is 16.5. The summed E-state index contributed by atoms with van der Waals surface area (Å²) < 4.78 is 10.2. The van der Waals surface area contributed by atoms with Gasteiger partial charge in [-0.3, -0.25) is 14.6 Å².